The zero-order valence-electron chi connectivity index (χ0n) is 34.5. The monoisotopic (exact) mass is 916 g/mol. The molecule has 22 heteroatoms. The van der Waals surface area contributed by atoms with Crippen molar-refractivity contribution in [1.29, 1.82) is 5.26 Å². The van der Waals surface area contributed by atoms with Gasteiger partial charge in [-0.15, -0.1) is 0 Å². The van der Waals surface area contributed by atoms with Crippen LogP contribution in [0.3, 0.4) is 0 Å². The van der Waals surface area contributed by atoms with Crippen molar-refractivity contribution in [3.05, 3.63) is 130 Å². The summed E-state index contributed by atoms with van der Waals surface area (Å²) in [7, 11) is -2.52. The highest BCUT2D eigenvalue weighted by Crippen LogP contribution is 2.46. The second-order valence-electron chi connectivity index (χ2n) is 15.3. The zero-order chi connectivity index (χ0) is 46.7. The Morgan fingerprint density at radius 2 is 1.69 bits per heavy atom. The highest BCUT2D eigenvalue weighted by Gasteiger charge is 2.39. The summed E-state index contributed by atoms with van der Waals surface area (Å²) in [5.74, 6) is -3.16. The Morgan fingerprint density at radius 3 is 2.37 bits per heavy atom. The number of ether oxygens (including phenoxy) is 1. The quantitative estimate of drug-likeness (QED) is 0.0528. The van der Waals surface area contributed by atoms with Crippen LogP contribution in [0.4, 0.5) is 40.3 Å². The molecule has 0 spiro atoms. The molecular formula is C43H40F4N10O7S. The first-order chi connectivity index (χ1) is 30.8. The summed E-state index contributed by atoms with van der Waals surface area (Å²) in [5.41, 5.74) is -2.64. The van der Waals surface area contributed by atoms with Gasteiger partial charge in [-0.1, -0.05) is 12.1 Å². The minimum atomic E-state index is -4.89. The van der Waals surface area contributed by atoms with Crippen molar-refractivity contribution < 1.29 is 45.4 Å². The van der Waals surface area contributed by atoms with E-state index in [0.29, 0.717) is 59.6 Å². The number of aliphatic hydroxyl groups is 1. The number of anilines is 4. The van der Waals surface area contributed by atoms with Crippen LogP contribution >= 0.6 is 0 Å². The van der Waals surface area contributed by atoms with Crippen molar-refractivity contribution in [2.24, 2.45) is 7.05 Å². The molecule has 0 aliphatic carbocycles. The number of halogens is 4. The lowest BCUT2D eigenvalue weighted by molar-refractivity contribution is -0.138. The average molecular weight is 917 g/mol. The Hall–Kier alpha value is -7.22. The lowest BCUT2D eigenvalue weighted by Crippen LogP contribution is -2.45. The summed E-state index contributed by atoms with van der Waals surface area (Å²) in [4.78, 5) is 42.3. The molecule has 0 saturated carbocycles. The van der Waals surface area contributed by atoms with Gasteiger partial charge in [0.05, 0.1) is 63.9 Å². The van der Waals surface area contributed by atoms with E-state index >= 15 is 0 Å². The van der Waals surface area contributed by atoms with Crippen molar-refractivity contribution >= 4 is 55.2 Å². The lowest BCUT2D eigenvalue weighted by Gasteiger charge is -2.33. The van der Waals surface area contributed by atoms with Gasteiger partial charge in [0.25, 0.3) is 11.5 Å². The van der Waals surface area contributed by atoms with Crippen LogP contribution in [0.15, 0.2) is 94.9 Å². The lowest BCUT2D eigenvalue weighted by atomic mass is 9.83. The molecule has 0 radical (unpaired) electrons. The summed E-state index contributed by atoms with van der Waals surface area (Å²) in [6, 6.07) is 18.4. The SMILES string of the molecule is Cn1ncnc1[C@H]1c2n[nH]c(=O)c3cc(F)cc(c23)N[C@@H]1c1ccc(NC(=O)CCOCCCNc2ccc(S(=O)(=O)CC(C)(O)C(=O)Nc3ccc(C#N)c(C(F)(F)F)c3)cc2)cc1. The van der Waals surface area contributed by atoms with Crippen molar-refractivity contribution in [2.45, 2.75) is 48.4 Å². The number of nitriles is 1. The third kappa shape index (κ3) is 10.3. The van der Waals surface area contributed by atoms with Crippen LogP contribution in [0.5, 0.6) is 0 Å². The Bertz CT molecular complexity index is 2970. The fraction of sp³-hybridized carbons (Fsp3) is 0.279. The molecule has 1 aliphatic rings. The van der Waals surface area contributed by atoms with E-state index in [1.54, 1.807) is 23.9 Å². The van der Waals surface area contributed by atoms with Crippen LogP contribution in [0.2, 0.25) is 0 Å². The number of nitrogens with one attached hydrogen (secondary N) is 5. The van der Waals surface area contributed by atoms with E-state index < -0.39 is 67.7 Å². The number of H-pyrrole nitrogens is 1. The maximum absolute atomic E-state index is 14.6. The zero-order valence-corrected chi connectivity index (χ0v) is 35.3. The largest absolute Gasteiger partial charge is 0.417 e. The number of rotatable bonds is 16. The molecule has 2 aromatic heterocycles. The van der Waals surface area contributed by atoms with Crippen LogP contribution < -0.4 is 26.8 Å². The minimum absolute atomic E-state index is 0.0722. The van der Waals surface area contributed by atoms with Gasteiger partial charge in [0.1, 0.15) is 18.0 Å². The first kappa shape index (κ1) is 45.8. The van der Waals surface area contributed by atoms with Gasteiger partial charge in [-0.05, 0) is 85.6 Å². The fourth-order valence-corrected chi connectivity index (χ4v) is 8.95. The molecule has 3 atom stereocenters. The highest BCUT2D eigenvalue weighted by molar-refractivity contribution is 7.91. The Balaban J connectivity index is 0.848. The number of aryl methyl sites for hydroxylation is 1. The summed E-state index contributed by atoms with van der Waals surface area (Å²) >= 11 is 0. The van der Waals surface area contributed by atoms with Crippen molar-refractivity contribution in [3.63, 3.8) is 0 Å². The molecule has 1 unspecified atom stereocenters. The van der Waals surface area contributed by atoms with Crippen molar-refractivity contribution in [2.75, 3.05) is 46.8 Å². The van der Waals surface area contributed by atoms with E-state index in [4.69, 9.17) is 10.00 Å². The predicted octanol–water partition coefficient (Wildman–Crippen LogP) is 5.39. The van der Waals surface area contributed by atoms with Crippen LogP contribution in [-0.2, 0) is 37.4 Å². The van der Waals surface area contributed by atoms with E-state index in [-0.39, 0.29) is 34.9 Å². The number of hydrogen-bond donors (Lipinski definition) is 6. The third-order valence-corrected chi connectivity index (χ3v) is 12.5. The van der Waals surface area contributed by atoms with Gasteiger partial charge in [-0.25, -0.2) is 22.9 Å². The second kappa shape index (κ2) is 18.5. The van der Waals surface area contributed by atoms with Gasteiger partial charge >= 0.3 is 6.18 Å². The standard InChI is InChI=1S/C43H40F4N10O7S/c1-42(61,41(60)53-29-9-6-25(21-48)32(20-29)43(45,46)47)22-65(62,63)30-12-10-27(11-13-30)49-15-3-16-64-17-14-34(58)52-28-7-4-24(5-8-28)37-36(39-50-23-51-57(39)2)38-35-31(40(59)56-55-38)18-26(44)19-33(35)54-37/h4-13,18-20,23,36-37,49,54,61H,3,14-17,22H2,1-2H3,(H,52,58)(H,53,60)(H,56,59)/t36-,37-,42?/m1/s1. The van der Waals surface area contributed by atoms with Gasteiger partial charge < -0.3 is 31.1 Å². The van der Waals surface area contributed by atoms with Crippen LogP contribution in [0.1, 0.15) is 59.9 Å². The van der Waals surface area contributed by atoms with Gasteiger partial charge in [-0.3, -0.25) is 19.1 Å². The maximum Gasteiger partial charge on any atom is 0.417 e. The Kier molecular flexibility index (Phi) is 13.0. The molecule has 338 valence electrons. The summed E-state index contributed by atoms with van der Waals surface area (Å²) in [5, 5.41) is 42.8. The number of alkyl halides is 3. The molecule has 7 rings (SSSR count). The normalized spacial score (nSPS) is 15.7. The summed E-state index contributed by atoms with van der Waals surface area (Å²) < 4.78 is 88.1. The van der Waals surface area contributed by atoms with E-state index in [2.05, 4.69) is 41.5 Å². The van der Waals surface area contributed by atoms with Crippen LogP contribution in [0, 0.1) is 17.1 Å². The first-order valence-corrected chi connectivity index (χ1v) is 21.5. The predicted molar refractivity (Wildman–Crippen MR) is 229 cm³/mol. The summed E-state index contributed by atoms with van der Waals surface area (Å²) in [6.07, 6.45) is -2.87. The maximum atomic E-state index is 14.6. The van der Waals surface area contributed by atoms with E-state index in [1.165, 1.54) is 48.8 Å². The van der Waals surface area contributed by atoms with Crippen LogP contribution in [-0.4, -0.2) is 81.4 Å². The minimum Gasteiger partial charge on any atom is -0.385 e. The summed E-state index contributed by atoms with van der Waals surface area (Å²) in [6.45, 7) is 1.80. The number of aromatic nitrogens is 5. The van der Waals surface area contributed by atoms with E-state index in [0.717, 1.165) is 24.6 Å². The van der Waals surface area contributed by atoms with Gasteiger partial charge in [0, 0.05) is 48.3 Å². The molecular weight excluding hydrogens is 877 g/mol. The number of hydrogen-bond acceptors (Lipinski definition) is 13. The molecule has 65 heavy (non-hydrogen) atoms. The number of carbonyl (C=O) groups is 2. The van der Waals surface area contributed by atoms with Gasteiger partial charge in [-0.2, -0.15) is 28.6 Å². The van der Waals surface area contributed by atoms with Gasteiger partial charge in [0.15, 0.2) is 15.4 Å². The molecule has 3 heterocycles. The molecule has 0 saturated heterocycles. The molecule has 1 aliphatic heterocycles. The molecule has 0 bridgehead atoms. The van der Waals surface area contributed by atoms with Crippen LogP contribution in [0.25, 0.3) is 10.8 Å². The van der Waals surface area contributed by atoms with E-state index in [1.807, 2.05) is 12.1 Å². The molecule has 6 N–H and O–H groups in total. The second-order valence-corrected chi connectivity index (χ2v) is 17.3. The molecule has 2 amide bonds. The number of carbonyl (C=O) groups excluding carboxylic acids is 2. The highest BCUT2D eigenvalue weighted by atomic mass is 32.2. The number of benzene rings is 4. The number of sulfone groups is 1. The smallest absolute Gasteiger partial charge is 0.385 e. The van der Waals surface area contributed by atoms with Crippen molar-refractivity contribution in [1.82, 2.24) is 25.0 Å². The van der Waals surface area contributed by atoms with Gasteiger partial charge in [0.2, 0.25) is 5.91 Å². The molecule has 0 fully saturated rings. The number of amides is 2. The first-order valence-electron chi connectivity index (χ1n) is 19.9. The molecule has 17 nitrogen and oxygen atoms in total. The number of nitrogens with zero attached hydrogens (tertiary/aromatic N) is 5. The fourth-order valence-electron chi connectivity index (χ4n) is 7.36. The Labute approximate surface area is 367 Å². The molecule has 6 aromatic rings. The Morgan fingerprint density at radius 1 is 0.985 bits per heavy atom. The van der Waals surface area contributed by atoms with Crippen molar-refractivity contribution in [3.8, 4) is 6.07 Å². The average Bonchev–Trinajstić information content (AvgIpc) is 3.68. The van der Waals surface area contributed by atoms with E-state index in [9.17, 15) is 45.5 Å². The number of aromatic amines is 1. The third-order valence-electron chi connectivity index (χ3n) is 10.5. The topological polar surface area (TPSA) is 246 Å². The molecule has 4 aromatic carbocycles.